The molecule has 8 heteroatoms. The molecule has 0 radical (unpaired) electrons. The molecule has 0 bridgehead atoms. The van der Waals surface area contributed by atoms with Crippen molar-refractivity contribution < 1.29 is 23.2 Å². The molecule has 138 valence electrons. The van der Waals surface area contributed by atoms with Crippen molar-refractivity contribution in [3.05, 3.63) is 70.8 Å². The molecule has 0 spiro atoms. The number of hydrogen-bond donors (Lipinski definition) is 0. The van der Waals surface area contributed by atoms with Crippen LogP contribution in [0.4, 0.5) is 4.39 Å². The molecule has 1 heterocycles. The van der Waals surface area contributed by atoms with Crippen molar-refractivity contribution in [2.24, 2.45) is 0 Å². The Labute approximate surface area is 159 Å². The largest absolute Gasteiger partial charge is 0.494 e. The summed E-state index contributed by atoms with van der Waals surface area (Å²) in [5.74, 6) is -0.544. The molecule has 0 aliphatic rings. The minimum absolute atomic E-state index is 0.127. The van der Waals surface area contributed by atoms with Crippen molar-refractivity contribution in [2.45, 2.75) is 6.61 Å². The summed E-state index contributed by atoms with van der Waals surface area (Å²) in [6.45, 7) is -0.187. The van der Waals surface area contributed by atoms with Crippen LogP contribution in [0.15, 0.2) is 53.1 Å². The van der Waals surface area contributed by atoms with Crippen LogP contribution in [-0.4, -0.2) is 23.2 Å². The second kappa shape index (κ2) is 8.46. The van der Waals surface area contributed by atoms with Crippen LogP contribution in [0.1, 0.15) is 11.5 Å². The predicted molar refractivity (Wildman–Crippen MR) is 96.5 cm³/mol. The van der Waals surface area contributed by atoms with Gasteiger partial charge in [0.25, 0.3) is 5.89 Å². The van der Waals surface area contributed by atoms with Gasteiger partial charge in [0.1, 0.15) is 0 Å². The SMILES string of the molecule is COc1ccc(/C=C/C(=O)OCc2nc(-c3cccc(Cl)c3)no2)cc1F. The van der Waals surface area contributed by atoms with Crippen molar-refractivity contribution in [1.29, 1.82) is 0 Å². The lowest BCUT2D eigenvalue weighted by molar-refractivity contribution is -0.139. The van der Waals surface area contributed by atoms with E-state index in [1.807, 2.05) is 0 Å². The number of aromatic nitrogens is 2. The van der Waals surface area contributed by atoms with E-state index in [2.05, 4.69) is 10.1 Å². The molecule has 2 aromatic carbocycles. The molecule has 1 aromatic heterocycles. The van der Waals surface area contributed by atoms with Gasteiger partial charge in [-0.15, -0.1) is 0 Å². The number of esters is 1. The Morgan fingerprint density at radius 3 is 2.89 bits per heavy atom. The molecule has 0 unspecified atom stereocenters. The number of methoxy groups -OCH3 is 1. The Bertz CT molecular complexity index is 987. The molecule has 27 heavy (non-hydrogen) atoms. The van der Waals surface area contributed by atoms with E-state index in [9.17, 15) is 9.18 Å². The highest BCUT2D eigenvalue weighted by Crippen LogP contribution is 2.20. The van der Waals surface area contributed by atoms with Gasteiger partial charge in [-0.25, -0.2) is 9.18 Å². The summed E-state index contributed by atoms with van der Waals surface area (Å²) in [7, 11) is 1.38. The summed E-state index contributed by atoms with van der Waals surface area (Å²) in [5.41, 5.74) is 1.18. The summed E-state index contributed by atoms with van der Waals surface area (Å²) in [5, 5.41) is 4.36. The van der Waals surface area contributed by atoms with E-state index in [1.54, 1.807) is 30.3 Å². The highest BCUT2D eigenvalue weighted by molar-refractivity contribution is 6.30. The van der Waals surface area contributed by atoms with Crippen molar-refractivity contribution >= 4 is 23.6 Å². The minimum Gasteiger partial charge on any atom is -0.494 e. The topological polar surface area (TPSA) is 74.5 Å². The molecule has 0 amide bonds. The molecular weight excluding hydrogens is 375 g/mol. The molecule has 0 saturated heterocycles. The third kappa shape index (κ3) is 4.92. The van der Waals surface area contributed by atoms with Crippen LogP contribution in [0, 0.1) is 5.82 Å². The van der Waals surface area contributed by atoms with Gasteiger partial charge in [-0.1, -0.05) is 35.0 Å². The van der Waals surface area contributed by atoms with Crippen LogP contribution >= 0.6 is 11.6 Å². The third-order valence-corrected chi connectivity index (χ3v) is 3.71. The minimum atomic E-state index is -0.631. The highest BCUT2D eigenvalue weighted by atomic mass is 35.5. The van der Waals surface area contributed by atoms with Gasteiger partial charge < -0.3 is 14.0 Å². The number of ether oxygens (including phenoxy) is 2. The summed E-state index contributed by atoms with van der Waals surface area (Å²) < 4.78 is 28.5. The van der Waals surface area contributed by atoms with Gasteiger partial charge in [0.15, 0.2) is 18.2 Å². The van der Waals surface area contributed by atoms with Gasteiger partial charge in [0.05, 0.1) is 7.11 Å². The fourth-order valence-electron chi connectivity index (χ4n) is 2.19. The van der Waals surface area contributed by atoms with Gasteiger partial charge in [0.2, 0.25) is 5.82 Å². The number of halogens is 2. The Morgan fingerprint density at radius 2 is 2.15 bits per heavy atom. The molecule has 0 N–H and O–H groups in total. The molecule has 0 fully saturated rings. The first kappa shape index (κ1) is 18.6. The molecular formula is C19H14ClFN2O4. The van der Waals surface area contributed by atoms with Gasteiger partial charge >= 0.3 is 5.97 Å². The standard InChI is InChI=1S/C19H14ClFN2O4/c1-25-16-7-5-12(9-15(16)21)6-8-18(24)26-11-17-22-19(23-27-17)13-3-2-4-14(20)10-13/h2-10H,11H2,1H3/b8-6+. The van der Waals surface area contributed by atoms with Gasteiger partial charge in [-0.2, -0.15) is 4.98 Å². The second-order valence-electron chi connectivity index (χ2n) is 5.36. The molecule has 0 atom stereocenters. The van der Waals surface area contributed by atoms with Crippen LogP contribution in [-0.2, 0) is 16.1 Å². The summed E-state index contributed by atoms with van der Waals surface area (Å²) >= 11 is 5.92. The normalized spacial score (nSPS) is 10.9. The van der Waals surface area contributed by atoms with E-state index >= 15 is 0 Å². The number of carbonyl (C=O) groups is 1. The van der Waals surface area contributed by atoms with Crippen molar-refractivity contribution in [3.63, 3.8) is 0 Å². The fraction of sp³-hybridized carbons (Fsp3) is 0.105. The van der Waals surface area contributed by atoms with E-state index in [0.29, 0.717) is 22.0 Å². The number of nitrogens with zero attached hydrogens (tertiary/aromatic N) is 2. The highest BCUT2D eigenvalue weighted by Gasteiger charge is 2.10. The number of rotatable bonds is 6. The molecule has 0 aliphatic heterocycles. The van der Waals surface area contributed by atoms with Crippen LogP contribution in [0.25, 0.3) is 17.5 Å². The van der Waals surface area contributed by atoms with E-state index in [-0.39, 0.29) is 18.2 Å². The first-order valence-electron chi connectivity index (χ1n) is 7.82. The summed E-state index contributed by atoms with van der Waals surface area (Å²) in [6, 6.07) is 11.3. The van der Waals surface area contributed by atoms with Crippen LogP contribution < -0.4 is 4.74 Å². The summed E-state index contributed by atoms with van der Waals surface area (Å²) in [6.07, 6.45) is 2.60. The zero-order valence-corrected chi connectivity index (χ0v) is 14.9. The maximum absolute atomic E-state index is 13.6. The molecule has 0 saturated carbocycles. The molecule has 3 rings (SSSR count). The Hall–Kier alpha value is -3.19. The smallest absolute Gasteiger partial charge is 0.331 e. The maximum Gasteiger partial charge on any atom is 0.331 e. The van der Waals surface area contributed by atoms with Gasteiger partial charge in [0, 0.05) is 16.7 Å². The monoisotopic (exact) mass is 388 g/mol. The fourth-order valence-corrected chi connectivity index (χ4v) is 2.38. The number of carbonyl (C=O) groups excluding carboxylic acids is 1. The van der Waals surface area contributed by atoms with Gasteiger partial charge in [-0.3, -0.25) is 0 Å². The van der Waals surface area contributed by atoms with Crippen molar-refractivity contribution in [1.82, 2.24) is 10.1 Å². The Balaban J connectivity index is 1.57. The van der Waals surface area contributed by atoms with Crippen molar-refractivity contribution in [3.8, 4) is 17.1 Å². The van der Waals surface area contributed by atoms with E-state index in [0.717, 1.165) is 0 Å². The first-order chi connectivity index (χ1) is 13.0. The predicted octanol–water partition coefficient (Wildman–Crippen LogP) is 4.29. The number of hydrogen-bond acceptors (Lipinski definition) is 6. The first-order valence-corrected chi connectivity index (χ1v) is 8.20. The van der Waals surface area contributed by atoms with Crippen LogP contribution in [0.5, 0.6) is 5.75 Å². The lowest BCUT2D eigenvalue weighted by Gasteiger charge is -2.02. The Morgan fingerprint density at radius 1 is 1.30 bits per heavy atom. The quantitative estimate of drug-likeness (QED) is 0.463. The average molecular weight is 389 g/mol. The van der Waals surface area contributed by atoms with Gasteiger partial charge in [-0.05, 0) is 35.9 Å². The van der Waals surface area contributed by atoms with E-state index in [4.69, 9.17) is 25.6 Å². The van der Waals surface area contributed by atoms with Crippen LogP contribution in [0.2, 0.25) is 5.02 Å². The maximum atomic E-state index is 13.6. The Kier molecular flexibility index (Phi) is 5.83. The zero-order valence-electron chi connectivity index (χ0n) is 14.2. The second-order valence-corrected chi connectivity index (χ2v) is 5.79. The molecule has 3 aromatic rings. The van der Waals surface area contributed by atoms with Crippen molar-refractivity contribution in [2.75, 3.05) is 7.11 Å². The average Bonchev–Trinajstić information content (AvgIpc) is 3.14. The lowest BCUT2D eigenvalue weighted by Crippen LogP contribution is -2.01. The summed E-state index contributed by atoms with van der Waals surface area (Å²) in [4.78, 5) is 15.9. The number of benzene rings is 2. The molecule has 0 aliphatic carbocycles. The van der Waals surface area contributed by atoms with E-state index < -0.39 is 11.8 Å². The van der Waals surface area contributed by atoms with Crippen LogP contribution in [0.3, 0.4) is 0 Å². The molecule has 6 nitrogen and oxygen atoms in total. The zero-order chi connectivity index (χ0) is 19.2. The lowest BCUT2D eigenvalue weighted by atomic mass is 10.2. The third-order valence-electron chi connectivity index (χ3n) is 3.48. The van der Waals surface area contributed by atoms with E-state index in [1.165, 1.54) is 31.4 Å².